The minimum atomic E-state index is -3.45. The highest BCUT2D eigenvalue weighted by Crippen LogP contribution is 2.20. The summed E-state index contributed by atoms with van der Waals surface area (Å²) in [6.45, 7) is 3.23. The van der Waals surface area contributed by atoms with Gasteiger partial charge in [0.1, 0.15) is 11.6 Å². The van der Waals surface area contributed by atoms with E-state index in [9.17, 15) is 22.0 Å². The van der Waals surface area contributed by atoms with E-state index in [2.05, 4.69) is 5.32 Å². The summed E-state index contributed by atoms with van der Waals surface area (Å²) in [5.74, 6) is -2.00. The Labute approximate surface area is 139 Å². The maximum absolute atomic E-state index is 13.8. The molecular formula is C17H17F2NO3S. The Kier molecular flexibility index (Phi) is 5.03. The number of aryl methyl sites for hydroxylation is 1. The average Bonchev–Trinajstić information content (AvgIpc) is 2.45. The third-order valence-corrected chi connectivity index (χ3v) is 4.77. The lowest BCUT2D eigenvalue weighted by atomic mass is 10.1. The van der Waals surface area contributed by atoms with Crippen molar-refractivity contribution in [2.75, 3.05) is 6.26 Å². The molecule has 0 saturated heterocycles. The molecule has 0 fully saturated rings. The van der Waals surface area contributed by atoms with Crippen LogP contribution in [0.4, 0.5) is 8.78 Å². The van der Waals surface area contributed by atoms with E-state index in [-0.39, 0.29) is 16.0 Å². The number of carbonyl (C=O) groups excluding carboxylic acids is 1. The first-order chi connectivity index (χ1) is 11.1. The van der Waals surface area contributed by atoms with Crippen molar-refractivity contribution in [3.63, 3.8) is 0 Å². The van der Waals surface area contributed by atoms with Crippen molar-refractivity contribution in [1.29, 1.82) is 0 Å². The lowest BCUT2D eigenvalue weighted by Crippen LogP contribution is -2.28. The van der Waals surface area contributed by atoms with Gasteiger partial charge in [-0.1, -0.05) is 12.1 Å². The lowest BCUT2D eigenvalue weighted by Gasteiger charge is -2.16. The number of hydrogen-bond acceptors (Lipinski definition) is 3. The minimum Gasteiger partial charge on any atom is -0.345 e. The number of amides is 1. The molecule has 2 aromatic rings. The smallest absolute Gasteiger partial charge is 0.252 e. The molecule has 0 aromatic heterocycles. The van der Waals surface area contributed by atoms with Gasteiger partial charge in [0.25, 0.3) is 5.91 Å². The second kappa shape index (κ2) is 6.68. The first kappa shape index (κ1) is 18.1. The molecule has 1 atom stereocenters. The normalized spacial score (nSPS) is 12.7. The highest BCUT2D eigenvalue weighted by molar-refractivity contribution is 7.90. The number of rotatable bonds is 4. The molecule has 4 nitrogen and oxygen atoms in total. The van der Waals surface area contributed by atoms with Crippen LogP contribution in [0.25, 0.3) is 0 Å². The highest BCUT2D eigenvalue weighted by atomic mass is 32.2. The Morgan fingerprint density at radius 1 is 1.12 bits per heavy atom. The van der Waals surface area contributed by atoms with E-state index in [0.717, 1.165) is 18.4 Å². The molecule has 0 aliphatic carbocycles. The van der Waals surface area contributed by atoms with E-state index in [1.807, 2.05) is 0 Å². The van der Waals surface area contributed by atoms with Gasteiger partial charge in [0.2, 0.25) is 0 Å². The zero-order valence-corrected chi connectivity index (χ0v) is 14.2. The predicted molar refractivity (Wildman–Crippen MR) is 86.5 cm³/mol. The van der Waals surface area contributed by atoms with Gasteiger partial charge in [0.05, 0.1) is 10.9 Å². The Morgan fingerprint density at radius 2 is 1.79 bits per heavy atom. The van der Waals surface area contributed by atoms with E-state index >= 15 is 0 Å². The number of nitrogens with one attached hydrogen (secondary N) is 1. The molecule has 0 aliphatic heterocycles. The summed E-state index contributed by atoms with van der Waals surface area (Å²) in [6.07, 6.45) is 1.05. The summed E-state index contributed by atoms with van der Waals surface area (Å²) in [4.78, 5) is 12.4. The molecule has 0 aliphatic rings. The van der Waals surface area contributed by atoms with Crippen molar-refractivity contribution in [2.45, 2.75) is 24.8 Å². The first-order valence-electron chi connectivity index (χ1n) is 7.16. The summed E-state index contributed by atoms with van der Waals surface area (Å²) in [7, 11) is -3.45. The Morgan fingerprint density at radius 3 is 2.38 bits per heavy atom. The number of sulfone groups is 1. The second-order valence-corrected chi connectivity index (χ2v) is 7.63. The molecule has 1 N–H and O–H groups in total. The predicted octanol–water partition coefficient (Wildman–Crippen LogP) is 3.17. The lowest BCUT2D eigenvalue weighted by molar-refractivity contribution is 0.0938. The van der Waals surface area contributed by atoms with Crippen LogP contribution < -0.4 is 5.32 Å². The largest absolute Gasteiger partial charge is 0.345 e. The van der Waals surface area contributed by atoms with Crippen LogP contribution in [0.3, 0.4) is 0 Å². The molecule has 0 saturated carbocycles. The fraction of sp³-hybridized carbons (Fsp3) is 0.235. The van der Waals surface area contributed by atoms with E-state index in [4.69, 9.17) is 0 Å². The third-order valence-electron chi connectivity index (χ3n) is 3.66. The molecule has 0 bridgehead atoms. The van der Waals surface area contributed by atoms with Crippen LogP contribution >= 0.6 is 0 Å². The van der Waals surface area contributed by atoms with Crippen molar-refractivity contribution < 1.29 is 22.0 Å². The van der Waals surface area contributed by atoms with Gasteiger partial charge in [-0.3, -0.25) is 4.79 Å². The van der Waals surface area contributed by atoms with Gasteiger partial charge in [-0.25, -0.2) is 17.2 Å². The Hall–Kier alpha value is -2.28. The maximum Gasteiger partial charge on any atom is 0.252 e. The van der Waals surface area contributed by atoms with E-state index in [0.29, 0.717) is 5.56 Å². The molecule has 0 spiro atoms. The van der Waals surface area contributed by atoms with Gasteiger partial charge in [-0.2, -0.15) is 0 Å². The molecule has 0 heterocycles. The zero-order chi connectivity index (χ0) is 18.1. The SMILES string of the molecule is Cc1ccc(S(C)(=O)=O)cc1C(=O)NC(C)c1ccc(F)cc1F. The second-order valence-electron chi connectivity index (χ2n) is 5.61. The minimum absolute atomic E-state index is 0.0267. The molecule has 128 valence electrons. The standard InChI is InChI=1S/C17H17F2NO3S/c1-10-4-6-13(24(3,22)23)9-15(10)17(21)20-11(2)14-7-5-12(18)8-16(14)19/h4-9,11H,1-3H3,(H,20,21). The Bertz CT molecular complexity index is 895. The van der Waals surface area contributed by atoms with Crippen molar-refractivity contribution >= 4 is 15.7 Å². The summed E-state index contributed by atoms with van der Waals surface area (Å²) in [6, 6.07) is 6.64. The molecule has 0 radical (unpaired) electrons. The Balaban J connectivity index is 2.29. The van der Waals surface area contributed by atoms with Crippen LogP contribution in [-0.2, 0) is 9.84 Å². The van der Waals surface area contributed by atoms with Gasteiger partial charge in [-0.05, 0) is 37.6 Å². The van der Waals surface area contributed by atoms with Crippen molar-refractivity contribution in [2.24, 2.45) is 0 Å². The van der Waals surface area contributed by atoms with Crippen LogP contribution in [0, 0.1) is 18.6 Å². The number of carbonyl (C=O) groups is 1. The summed E-state index contributed by atoms with van der Waals surface area (Å²) in [5.41, 5.74) is 0.917. The van der Waals surface area contributed by atoms with Gasteiger partial charge in [0, 0.05) is 23.4 Å². The highest BCUT2D eigenvalue weighted by Gasteiger charge is 2.18. The molecule has 1 amide bonds. The van der Waals surface area contributed by atoms with Crippen LogP contribution in [0.15, 0.2) is 41.3 Å². The van der Waals surface area contributed by atoms with Gasteiger partial charge < -0.3 is 5.32 Å². The summed E-state index contributed by atoms with van der Waals surface area (Å²) >= 11 is 0. The van der Waals surface area contributed by atoms with Crippen LogP contribution in [0.2, 0.25) is 0 Å². The van der Waals surface area contributed by atoms with Gasteiger partial charge in [0.15, 0.2) is 9.84 Å². The monoisotopic (exact) mass is 353 g/mol. The van der Waals surface area contributed by atoms with E-state index in [1.54, 1.807) is 13.8 Å². The van der Waals surface area contributed by atoms with Gasteiger partial charge >= 0.3 is 0 Å². The molecule has 2 rings (SSSR count). The number of halogens is 2. The number of benzene rings is 2. The topological polar surface area (TPSA) is 63.2 Å². The maximum atomic E-state index is 13.8. The van der Waals surface area contributed by atoms with Gasteiger partial charge in [-0.15, -0.1) is 0 Å². The summed E-state index contributed by atoms with van der Waals surface area (Å²) < 4.78 is 50.0. The fourth-order valence-electron chi connectivity index (χ4n) is 2.28. The molecule has 1 unspecified atom stereocenters. The molecule has 7 heteroatoms. The van der Waals surface area contributed by atoms with Crippen molar-refractivity contribution in [3.05, 3.63) is 64.7 Å². The van der Waals surface area contributed by atoms with Crippen molar-refractivity contribution in [1.82, 2.24) is 5.32 Å². The fourth-order valence-corrected chi connectivity index (χ4v) is 2.93. The third kappa shape index (κ3) is 3.97. The zero-order valence-electron chi connectivity index (χ0n) is 13.4. The van der Waals surface area contributed by atoms with Crippen LogP contribution in [-0.4, -0.2) is 20.6 Å². The van der Waals surface area contributed by atoms with E-state index < -0.39 is 33.4 Å². The van der Waals surface area contributed by atoms with E-state index in [1.165, 1.54) is 24.3 Å². The summed E-state index contributed by atoms with van der Waals surface area (Å²) in [5, 5.41) is 2.60. The molecule has 2 aromatic carbocycles. The first-order valence-corrected chi connectivity index (χ1v) is 9.05. The van der Waals surface area contributed by atoms with Crippen molar-refractivity contribution in [3.8, 4) is 0 Å². The average molecular weight is 353 g/mol. The number of hydrogen-bond donors (Lipinski definition) is 1. The molecule has 24 heavy (non-hydrogen) atoms. The van der Waals surface area contributed by atoms with Crippen LogP contribution in [0.5, 0.6) is 0 Å². The van der Waals surface area contributed by atoms with Crippen LogP contribution in [0.1, 0.15) is 34.5 Å². The quantitative estimate of drug-likeness (QED) is 0.918. The molecular weight excluding hydrogens is 336 g/mol.